The molecule has 3 rings (SSSR count). The first-order valence-corrected chi connectivity index (χ1v) is 9.49. The molecule has 0 bridgehead atoms. The molecule has 1 aromatic carbocycles. The topological polar surface area (TPSA) is 44.7 Å². The summed E-state index contributed by atoms with van der Waals surface area (Å²) < 4.78 is 0. The molecule has 4 nitrogen and oxygen atoms in total. The zero-order valence-corrected chi connectivity index (χ0v) is 16.4. The number of fused-ring (bicyclic) bond motifs is 1. The van der Waals surface area contributed by atoms with Gasteiger partial charge in [0.2, 0.25) is 0 Å². The van der Waals surface area contributed by atoms with Crippen molar-refractivity contribution in [2.75, 3.05) is 11.9 Å². The number of benzene rings is 1. The van der Waals surface area contributed by atoms with E-state index < -0.39 is 0 Å². The maximum Gasteiger partial charge on any atom is 0.281 e. The second-order valence-corrected chi connectivity index (χ2v) is 8.44. The van der Waals surface area contributed by atoms with Gasteiger partial charge < -0.3 is 4.90 Å². The van der Waals surface area contributed by atoms with E-state index in [0.717, 1.165) is 17.7 Å². The van der Waals surface area contributed by atoms with E-state index in [2.05, 4.69) is 49.3 Å². The van der Waals surface area contributed by atoms with Crippen LogP contribution in [0.1, 0.15) is 53.9 Å². The van der Waals surface area contributed by atoms with Gasteiger partial charge in [-0.3, -0.25) is 4.79 Å². The maximum atomic E-state index is 11.9. The van der Waals surface area contributed by atoms with Crippen molar-refractivity contribution in [3.8, 4) is 0 Å². The van der Waals surface area contributed by atoms with Crippen LogP contribution >= 0.6 is 22.9 Å². The van der Waals surface area contributed by atoms with E-state index >= 15 is 0 Å². The second kappa shape index (κ2) is 6.81. The molecule has 25 heavy (non-hydrogen) atoms. The first kappa shape index (κ1) is 18.0. The molecule has 1 aliphatic rings. The summed E-state index contributed by atoms with van der Waals surface area (Å²) in [6, 6.07) is 7.68. The van der Waals surface area contributed by atoms with Crippen LogP contribution in [0.3, 0.4) is 0 Å². The van der Waals surface area contributed by atoms with Crippen LogP contribution in [-0.4, -0.2) is 24.7 Å². The molecule has 6 heteroatoms. The van der Waals surface area contributed by atoms with Gasteiger partial charge in [-0.2, -0.15) is 5.10 Å². The minimum Gasteiger partial charge on any atom is -0.369 e. The third-order valence-electron chi connectivity index (χ3n) is 4.87. The van der Waals surface area contributed by atoms with Crippen LogP contribution in [-0.2, 0) is 0 Å². The van der Waals surface area contributed by atoms with E-state index in [1.54, 1.807) is 12.3 Å². The molecule has 0 radical (unpaired) electrons. The molecule has 0 saturated carbocycles. The summed E-state index contributed by atoms with van der Waals surface area (Å²) in [6.07, 6.45) is 2.68. The molecule has 1 aromatic heterocycles. The molecule has 1 amide bonds. The van der Waals surface area contributed by atoms with Crippen molar-refractivity contribution in [1.82, 2.24) is 5.43 Å². The third-order valence-corrected chi connectivity index (χ3v) is 6.06. The summed E-state index contributed by atoms with van der Waals surface area (Å²) in [4.78, 5) is 14.8. The number of rotatable bonds is 3. The molecule has 0 aliphatic carbocycles. The van der Waals surface area contributed by atoms with Crippen LogP contribution in [0.25, 0.3) is 0 Å². The van der Waals surface area contributed by atoms with Crippen LogP contribution in [0, 0.1) is 0 Å². The number of anilines is 1. The summed E-state index contributed by atoms with van der Waals surface area (Å²) in [5, 5.41) is 6.55. The molecular weight excluding hydrogens is 354 g/mol. The Balaban J connectivity index is 1.83. The van der Waals surface area contributed by atoms with Gasteiger partial charge in [0.15, 0.2) is 0 Å². The maximum absolute atomic E-state index is 11.9. The zero-order chi connectivity index (χ0) is 18.2. The van der Waals surface area contributed by atoms with Gasteiger partial charge in [-0.05, 0) is 55.3 Å². The number of halogens is 1. The Hall–Kier alpha value is -1.85. The van der Waals surface area contributed by atoms with E-state index in [1.807, 2.05) is 17.5 Å². The second-order valence-electron chi connectivity index (χ2n) is 7.09. The Labute approximate surface area is 157 Å². The predicted molar refractivity (Wildman–Crippen MR) is 106 cm³/mol. The molecule has 1 N–H and O–H groups in total. The number of hydrogen-bond acceptors (Lipinski definition) is 4. The fourth-order valence-corrected chi connectivity index (χ4v) is 4.15. The molecule has 2 heterocycles. The number of hydrogen-bond donors (Lipinski definition) is 1. The number of nitrogens with zero attached hydrogens (tertiary/aromatic N) is 2. The van der Waals surface area contributed by atoms with Gasteiger partial charge in [0.05, 0.1) is 16.1 Å². The van der Waals surface area contributed by atoms with Gasteiger partial charge in [0, 0.05) is 23.8 Å². The highest BCUT2D eigenvalue weighted by Crippen LogP contribution is 2.44. The standard InChI is InChI=1S/C19H22ClN3OS/c1-12-10-19(2,3)23(4)16-9-15(20)13(8-14(12)16)11-21-22-18(24)17-6-5-7-25-17/h5-9,11-12H,10H2,1-4H3,(H,22,24)/b21-11+/t12-/m1/s1. The first-order chi connectivity index (χ1) is 11.8. The van der Waals surface area contributed by atoms with Crippen LogP contribution in [0.15, 0.2) is 34.7 Å². The lowest BCUT2D eigenvalue weighted by molar-refractivity contribution is 0.0959. The fraction of sp³-hybridized carbons (Fsp3) is 0.368. The minimum atomic E-state index is -0.213. The average Bonchev–Trinajstić information content (AvgIpc) is 3.08. The Morgan fingerprint density at radius 1 is 1.48 bits per heavy atom. The molecule has 132 valence electrons. The van der Waals surface area contributed by atoms with Crippen molar-refractivity contribution in [2.24, 2.45) is 5.10 Å². The Morgan fingerprint density at radius 2 is 2.24 bits per heavy atom. The van der Waals surface area contributed by atoms with Crippen LogP contribution < -0.4 is 10.3 Å². The van der Waals surface area contributed by atoms with Crippen molar-refractivity contribution >= 4 is 40.7 Å². The first-order valence-electron chi connectivity index (χ1n) is 8.24. The largest absolute Gasteiger partial charge is 0.369 e. The molecule has 0 saturated heterocycles. The van der Waals surface area contributed by atoms with Gasteiger partial charge >= 0.3 is 0 Å². The average molecular weight is 376 g/mol. The van der Waals surface area contributed by atoms with Gasteiger partial charge in [-0.15, -0.1) is 11.3 Å². The molecular formula is C19H22ClN3OS. The molecule has 0 spiro atoms. The van der Waals surface area contributed by atoms with Crippen LogP contribution in [0.4, 0.5) is 5.69 Å². The third kappa shape index (κ3) is 3.58. The van der Waals surface area contributed by atoms with Gasteiger partial charge in [-0.1, -0.05) is 24.6 Å². The Kier molecular flexibility index (Phi) is 4.89. The normalized spacial score (nSPS) is 19.1. The highest BCUT2D eigenvalue weighted by molar-refractivity contribution is 7.12. The van der Waals surface area contributed by atoms with Gasteiger partial charge in [0.25, 0.3) is 5.91 Å². The summed E-state index contributed by atoms with van der Waals surface area (Å²) in [5.74, 6) is 0.224. The lowest BCUT2D eigenvalue weighted by Crippen LogP contribution is -2.45. The summed E-state index contributed by atoms with van der Waals surface area (Å²) in [7, 11) is 2.11. The van der Waals surface area contributed by atoms with Crippen molar-refractivity contribution in [1.29, 1.82) is 0 Å². The quantitative estimate of drug-likeness (QED) is 0.613. The summed E-state index contributed by atoms with van der Waals surface area (Å²) in [5.41, 5.74) is 5.88. The van der Waals surface area contributed by atoms with Crippen LogP contribution in [0.5, 0.6) is 0 Å². The zero-order valence-electron chi connectivity index (χ0n) is 14.8. The SMILES string of the molecule is C[C@@H]1CC(C)(C)N(C)c2cc(Cl)c(/C=N/NC(=O)c3cccs3)cc21. The van der Waals surface area contributed by atoms with Gasteiger partial charge in [0.1, 0.15) is 0 Å². The van der Waals surface area contributed by atoms with Crippen molar-refractivity contribution in [3.05, 3.63) is 50.7 Å². The van der Waals surface area contributed by atoms with Gasteiger partial charge in [-0.25, -0.2) is 5.43 Å². The van der Waals surface area contributed by atoms with E-state index in [0.29, 0.717) is 15.8 Å². The number of hydrazone groups is 1. The fourth-order valence-electron chi connectivity index (χ4n) is 3.33. The number of nitrogens with one attached hydrogen (secondary N) is 1. The lowest BCUT2D eigenvalue weighted by atomic mass is 9.80. The van der Waals surface area contributed by atoms with E-state index in [9.17, 15) is 4.79 Å². The number of carbonyl (C=O) groups is 1. The van der Waals surface area contributed by atoms with E-state index in [1.165, 1.54) is 16.9 Å². The highest BCUT2D eigenvalue weighted by atomic mass is 35.5. The van der Waals surface area contributed by atoms with Crippen molar-refractivity contribution < 1.29 is 4.79 Å². The van der Waals surface area contributed by atoms with Crippen molar-refractivity contribution in [2.45, 2.75) is 38.6 Å². The summed E-state index contributed by atoms with van der Waals surface area (Å²) >= 11 is 7.84. The minimum absolute atomic E-state index is 0.0973. The Bertz CT molecular complexity index is 814. The Morgan fingerprint density at radius 3 is 2.92 bits per heavy atom. The number of thiophene rings is 1. The molecule has 0 unspecified atom stereocenters. The van der Waals surface area contributed by atoms with E-state index in [4.69, 9.17) is 11.6 Å². The smallest absolute Gasteiger partial charge is 0.281 e. The van der Waals surface area contributed by atoms with E-state index in [-0.39, 0.29) is 11.4 Å². The summed E-state index contributed by atoms with van der Waals surface area (Å²) in [6.45, 7) is 6.73. The number of amides is 1. The molecule has 1 atom stereocenters. The molecule has 0 fully saturated rings. The number of carbonyl (C=O) groups excluding carboxylic acids is 1. The lowest BCUT2D eigenvalue weighted by Gasteiger charge is -2.45. The monoisotopic (exact) mass is 375 g/mol. The molecule has 2 aromatic rings. The highest BCUT2D eigenvalue weighted by Gasteiger charge is 2.34. The predicted octanol–water partition coefficient (Wildman–Crippen LogP) is 4.89. The van der Waals surface area contributed by atoms with Crippen molar-refractivity contribution in [3.63, 3.8) is 0 Å². The van der Waals surface area contributed by atoms with Crippen LogP contribution in [0.2, 0.25) is 5.02 Å². The molecule has 1 aliphatic heterocycles.